The average Bonchev–Trinajstić information content (AvgIpc) is 3.14. The number of amides is 2. The van der Waals surface area contributed by atoms with Crippen LogP contribution in [0.2, 0.25) is 0 Å². The van der Waals surface area contributed by atoms with Crippen LogP contribution in [-0.4, -0.2) is 42.8 Å². The van der Waals surface area contributed by atoms with Crippen LogP contribution in [0.3, 0.4) is 0 Å². The second-order valence-electron chi connectivity index (χ2n) is 7.93. The predicted octanol–water partition coefficient (Wildman–Crippen LogP) is 4.07. The Labute approximate surface area is 203 Å². The number of hydrogen-bond acceptors (Lipinski definition) is 7. The van der Waals surface area contributed by atoms with Gasteiger partial charge in [0.1, 0.15) is 0 Å². The van der Waals surface area contributed by atoms with Crippen molar-refractivity contribution >= 4 is 40.6 Å². The van der Waals surface area contributed by atoms with Crippen LogP contribution in [0.25, 0.3) is 0 Å². The molecule has 1 aliphatic heterocycles. The van der Waals surface area contributed by atoms with Gasteiger partial charge in [0.2, 0.25) is 5.91 Å². The van der Waals surface area contributed by atoms with Crippen molar-refractivity contribution in [1.82, 2.24) is 0 Å². The first-order valence-corrected chi connectivity index (χ1v) is 11.1. The third-order valence-corrected chi connectivity index (χ3v) is 5.39. The molecule has 8 heteroatoms. The number of para-hydroxylation sites is 3. The van der Waals surface area contributed by atoms with E-state index in [0.29, 0.717) is 17.8 Å². The van der Waals surface area contributed by atoms with E-state index >= 15 is 0 Å². The highest BCUT2D eigenvalue weighted by atomic mass is 16.6. The van der Waals surface area contributed by atoms with Gasteiger partial charge >= 0.3 is 5.97 Å². The summed E-state index contributed by atoms with van der Waals surface area (Å²) < 4.78 is 5.52. The first-order valence-electron chi connectivity index (χ1n) is 11.1. The van der Waals surface area contributed by atoms with Crippen molar-refractivity contribution in [2.24, 2.45) is 5.16 Å². The lowest BCUT2D eigenvalue weighted by molar-refractivity contribution is -0.148. The lowest BCUT2D eigenvalue weighted by Gasteiger charge is -2.28. The molecule has 1 aliphatic rings. The van der Waals surface area contributed by atoms with Crippen molar-refractivity contribution in [1.29, 1.82) is 0 Å². The third-order valence-electron chi connectivity index (χ3n) is 5.39. The van der Waals surface area contributed by atoms with E-state index in [9.17, 15) is 14.4 Å². The summed E-state index contributed by atoms with van der Waals surface area (Å²) >= 11 is 0. The minimum absolute atomic E-state index is 0.0281. The molecule has 0 aliphatic carbocycles. The van der Waals surface area contributed by atoms with Crippen LogP contribution in [0.1, 0.15) is 19.4 Å². The molecule has 1 heterocycles. The summed E-state index contributed by atoms with van der Waals surface area (Å²) in [5.41, 5.74) is 2.83. The average molecular weight is 472 g/mol. The minimum atomic E-state index is -0.687. The molecule has 2 amide bonds. The molecule has 0 bridgehead atoms. The monoisotopic (exact) mass is 471 g/mol. The largest absolute Gasteiger partial charge is 0.457 e. The van der Waals surface area contributed by atoms with E-state index in [1.807, 2.05) is 65.6 Å². The number of ether oxygens (including phenoxy) is 1. The van der Waals surface area contributed by atoms with Gasteiger partial charge in [0.15, 0.2) is 18.4 Å². The van der Waals surface area contributed by atoms with E-state index in [1.54, 1.807) is 24.3 Å². The van der Waals surface area contributed by atoms with E-state index in [2.05, 4.69) is 5.16 Å². The SMILES string of the molecule is CC(=O)OC(CO/N=C1/C(=O)N(C(C)=O)c2ccccc21)CN(c1ccccc1)c1ccccc1. The molecule has 1 atom stereocenters. The van der Waals surface area contributed by atoms with Crippen LogP contribution in [0.5, 0.6) is 0 Å². The first kappa shape index (κ1) is 23.7. The third kappa shape index (κ3) is 5.38. The Hall–Kier alpha value is -4.46. The number of carbonyl (C=O) groups is 3. The lowest BCUT2D eigenvalue weighted by atomic mass is 10.1. The van der Waals surface area contributed by atoms with Crippen molar-refractivity contribution in [3.05, 3.63) is 90.5 Å². The Bertz CT molecular complexity index is 1200. The highest BCUT2D eigenvalue weighted by molar-refractivity contribution is 6.57. The van der Waals surface area contributed by atoms with Gasteiger partial charge in [0.05, 0.1) is 12.2 Å². The zero-order valence-corrected chi connectivity index (χ0v) is 19.5. The molecule has 178 valence electrons. The van der Waals surface area contributed by atoms with Crippen molar-refractivity contribution in [2.45, 2.75) is 20.0 Å². The topological polar surface area (TPSA) is 88.5 Å². The predicted molar refractivity (Wildman–Crippen MR) is 133 cm³/mol. The fourth-order valence-electron chi connectivity index (χ4n) is 3.92. The van der Waals surface area contributed by atoms with Crippen LogP contribution in [-0.2, 0) is 24.0 Å². The number of benzene rings is 3. The molecule has 35 heavy (non-hydrogen) atoms. The second-order valence-corrected chi connectivity index (χ2v) is 7.93. The van der Waals surface area contributed by atoms with Crippen LogP contribution in [0.4, 0.5) is 17.1 Å². The normalized spacial score (nSPS) is 14.4. The summed E-state index contributed by atoms with van der Waals surface area (Å²) in [6.07, 6.45) is -0.687. The Morgan fingerprint density at radius 1 is 0.886 bits per heavy atom. The lowest BCUT2D eigenvalue weighted by Crippen LogP contribution is -2.36. The number of anilines is 3. The smallest absolute Gasteiger partial charge is 0.303 e. The van der Waals surface area contributed by atoms with Crippen molar-refractivity contribution < 1.29 is 24.0 Å². The molecule has 0 saturated heterocycles. The number of esters is 1. The summed E-state index contributed by atoms with van der Waals surface area (Å²) in [4.78, 5) is 45.3. The standard InChI is InChI=1S/C27H25N3O5/c1-19(31)30-25-16-10-9-15-24(25)26(27(30)33)28-34-18-23(35-20(2)32)17-29(21-11-5-3-6-12-21)22-13-7-4-8-14-22/h3-16,23H,17-18H2,1-2H3/b28-26+. The maximum atomic E-state index is 12.8. The highest BCUT2D eigenvalue weighted by Crippen LogP contribution is 2.29. The number of imide groups is 1. The van der Waals surface area contributed by atoms with Gasteiger partial charge in [-0.3, -0.25) is 14.4 Å². The fourth-order valence-corrected chi connectivity index (χ4v) is 3.92. The van der Waals surface area contributed by atoms with Gasteiger partial charge in [-0.25, -0.2) is 4.90 Å². The minimum Gasteiger partial charge on any atom is -0.457 e. The van der Waals surface area contributed by atoms with Gasteiger partial charge in [-0.15, -0.1) is 0 Å². The van der Waals surface area contributed by atoms with Gasteiger partial charge in [-0.1, -0.05) is 59.8 Å². The molecule has 0 radical (unpaired) electrons. The molecule has 0 N–H and O–H groups in total. The van der Waals surface area contributed by atoms with Gasteiger partial charge in [0, 0.05) is 30.8 Å². The Morgan fingerprint density at radius 3 is 2.03 bits per heavy atom. The molecule has 1 unspecified atom stereocenters. The first-order chi connectivity index (χ1) is 17.0. The van der Waals surface area contributed by atoms with Crippen molar-refractivity contribution in [3.63, 3.8) is 0 Å². The Kier molecular flexibility index (Phi) is 7.21. The number of hydrogen-bond donors (Lipinski definition) is 0. The molecule has 0 saturated carbocycles. The molecule has 4 rings (SSSR count). The Balaban J connectivity index is 1.56. The second kappa shape index (κ2) is 10.6. The number of nitrogens with zero attached hydrogens (tertiary/aromatic N) is 3. The van der Waals surface area contributed by atoms with Crippen molar-refractivity contribution in [3.8, 4) is 0 Å². The number of fused-ring (bicyclic) bond motifs is 1. The summed E-state index contributed by atoms with van der Waals surface area (Å²) in [5.74, 6) is -1.43. The van der Waals surface area contributed by atoms with E-state index < -0.39 is 23.9 Å². The molecule has 3 aromatic carbocycles. The van der Waals surface area contributed by atoms with E-state index in [4.69, 9.17) is 9.57 Å². The zero-order chi connectivity index (χ0) is 24.8. The molecule has 0 aromatic heterocycles. The Morgan fingerprint density at radius 2 is 1.46 bits per heavy atom. The highest BCUT2D eigenvalue weighted by Gasteiger charge is 2.37. The molecular formula is C27H25N3O5. The number of oxime groups is 1. The molecule has 8 nitrogen and oxygen atoms in total. The summed E-state index contributed by atoms with van der Waals surface area (Å²) in [5, 5.41) is 4.04. The maximum absolute atomic E-state index is 12.8. The van der Waals surface area contributed by atoms with E-state index in [0.717, 1.165) is 16.3 Å². The van der Waals surface area contributed by atoms with E-state index in [1.165, 1.54) is 13.8 Å². The summed E-state index contributed by atoms with van der Waals surface area (Å²) in [6.45, 7) is 2.85. The van der Waals surface area contributed by atoms with Gasteiger partial charge in [0.25, 0.3) is 5.91 Å². The van der Waals surface area contributed by atoms with Crippen LogP contribution in [0, 0.1) is 0 Å². The maximum Gasteiger partial charge on any atom is 0.303 e. The molecule has 0 fully saturated rings. The van der Waals surface area contributed by atoms with Crippen LogP contribution in [0.15, 0.2) is 90.1 Å². The van der Waals surface area contributed by atoms with Gasteiger partial charge < -0.3 is 14.5 Å². The quantitative estimate of drug-likeness (QED) is 0.364. The number of carbonyl (C=O) groups excluding carboxylic acids is 3. The van der Waals surface area contributed by atoms with Crippen molar-refractivity contribution in [2.75, 3.05) is 23.0 Å². The number of rotatable bonds is 8. The van der Waals surface area contributed by atoms with Gasteiger partial charge in [-0.2, -0.15) is 0 Å². The molecular weight excluding hydrogens is 446 g/mol. The van der Waals surface area contributed by atoms with Gasteiger partial charge in [-0.05, 0) is 30.3 Å². The fraction of sp³-hybridized carbons (Fsp3) is 0.185. The van der Waals surface area contributed by atoms with Crippen LogP contribution < -0.4 is 9.80 Å². The molecule has 0 spiro atoms. The zero-order valence-electron chi connectivity index (χ0n) is 19.5. The van der Waals surface area contributed by atoms with Crippen LogP contribution >= 0.6 is 0 Å². The summed E-state index contributed by atoms with van der Waals surface area (Å²) in [7, 11) is 0. The summed E-state index contributed by atoms with van der Waals surface area (Å²) in [6, 6.07) is 26.3. The molecule has 3 aromatic rings. The van der Waals surface area contributed by atoms with E-state index in [-0.39, 0.29) is 12.3 Å².